The molecule has 1 unspecified atom stereocenters. The SMILES string of the molecule is Cc1cc(Cl)c(N2CC(=O)NC(C(C)C)C2=O)cc1Cl. The summed E-state index contributed by atoms with van der Waals surface area (Å²) < 4.78 is 0. The lowest BCUT2D eigenvalue weighted by Crippen LogP contribution is -2.60. The van der Waals surface area contributed by atoms with Crippen molar-refractivity contribution in [1.29, 1.82) is 0 Å². The Hall–Kier alpha value is -1.26. The number of carbonyl (C=O) groups is 2. The number of carbonyl (C=O) groups excluding carboxylic acids is 2. The minimum Gasteiger partial charge on any atom is -0.342 e. The van der Waals surface area contributed by atoms with Crippen LogP contribution in [-0.4, -0.2) is 24.4 Å². The van der Waals surface area contributed by atoms with Gasteiger partial charge in [0.2, 0.25) is 11.8 Å². The number of hydrogen-bond donors (Lipinski definition) is 1. The van der Waals surface area contributed by atoms with Gasteiger partial charge >= 0.3 is 0 Å². The Labute approximate surface area is 128 Å². The Balaban J connectivity index is 2.43. The van der Waals surface area contributed by atoms with Crippen LogP contribution in [0.15, 0.2) is 12.1 Å². The molecule has 4 nitrogen and oxygen atoms in total. The minimum atomic E-state index is -0.535. The van der Waals surface area contributed by atoms with Crippen molar-refractivity contribution >= 4 is 40.7 Å². The topological polar surface area (TPSA) is 49.4 Å². The van der Waals surface area contributed by atoms with Gasteiger partial charge in [-0.15, -0.1) is 0 Å². The van der Waals surface area contributed by atoms with Crippen molar-refractivity contribution in [3.8, 4) is 0 Å². The smallest absolute Gasteiger partial charge is 0.250 e. The fourth-order valence-electron chi connectivity index (χ4n) is 2.17. The van der Waals surface area contributed by atoms with Crippen molar-refractivity contribution in [2.24, 2.45) is 5.92 Å². The minimum absolute atomic E-state index is 0.00828. The zero-order valence-corrected chi connectivity index (χ0v) is 13.0. The molecule has 1 aliphatic rings. The van der Waals surface area contributed by atoms with E-state index in [-0.39, 0.29) is 24.3 Å². The molecule has 2 amide bonds. The van der Waals surface area contributed by atoms with Crippen LogP contribution in [0.3, 0.4) is 0 Å². The standard InChI is InChI=1S/C14H16Cl2N2O2/c1-7(2)13-14(20)18(6-12(19)17-13)11-5-9(15)8(3)4-10(11)16/h4-5,7,13H,6H2,1-3H3,(H,17,19). The van der Waals surface area contributed by atoms with Crippen LogP contribution < -0.4 is 10.2 Å². The van der Waals surface area contributed by atoms with E-state index in [1.54, 1.807) is 12.1 Å². The average molecular weight is 315 g/mol. The van der Waals surface area contributed by atoms with E-state index in [1.807, 2.05) is 20.8 Å². The van der Waals surface area contributed by atoms with E-state index in [0.717, 1.165) is 5.56 Å². The van der Waals surface area contributed by atoms with E-state index in [9.17, 15) is 9.59 Å². The zero-order chi connectivity index (χ0) is 15.0. The summed E-state index contributed by atoms with van der Waals surface area (Å²) in [5.74, 6) is -0.355. The summed E-state index contributed by atoms with van der Waals surface area (Å²) in [5, 5.41) is 3.64. The van der Waals surface area contributed by atoms with Crippen LogP contribution >= 0.6 is 23.2 Å². The summed E-state index contributed by atoms with van der Waals surface area (Å²) >= 11 is 12.3. The van der Waals surface area contributed by atoms with Crippen LogP contribution in [0.4, 0.5) is 5.69 Å². The molecule has 0 spiro atoms. The lowest BCUT2D eigenvalue weighted by Gasteiger charge is -2.34. The predicted octanol–water partition coefficient (Wildman–Crippen LogP) is 2.79. The Bertz CT molecular complexity index is 573. The third kappa shape index (κ3) is 2.76. The number of piperazine rings is 1. The molecule has 108 valence electrons. The van der Waals surface area contributed by atoms with Crippen molar-refractivity contribution in [2.45, 2.75) is 26.8 Å². The molecule has 1 saturated heterocycles. The number of anilines is 1. The lowest BCUT2D eigenvalue weighted by molar-refractivity contribution is -0.132. The van der Waals surface area contributed by atoms with Gasteiger partial charge in [-0.2, -0.15) is 0 Å². The van der Waals surface area contributed by atoms with Gasteiger partial charge in [0, 0.05) is 5.02 Å². The van der Waals surface area contributed by atoms with E-state index >= 15 is 0 Å². The fraction of sp³-hybridized carbons (Fsp3) is 0.429. The van der Waals surface area contributed by atoms with Crippen LogP contribution in [0.1, 0.15) is 19.4 Å². The van der Waals surface area contributed by atoms with Gasteiger partial charge in [-0.3, -0.25) is 14.5 Å². The molecule has 20 heavy (non-hydrogen) atoms. The van der Waals surface area contributed by atoms with Crippen molar-refractivity contribution < 1.29 is 9.59 Å². The first-order chi connectivity index (χ1) is 9.31. The van der Waals surface area contributed by atoms with Crippen LogP contribution in [0.25, 0.3) is 0 Å². The van der Waals surface area contributed by atoms with E-state index in [0.29, 0.717) is 15.7 Å². The van der Waals surface area contributed by atoms with Gasteiger partial charge in [-0.1, -0.05) is 37.0 Å². The number of amides is 2. The molecule has 0 saturated carbocycles. The second kappa shape index (κ2) is 5.62. The van der Waals surface area contributed by atoms with E-state index < -0.39 is 6.04 Å². The van der Waals surface area contributed by atoms with Gasteiger partial charge in [0.25, 0.3) is 0 Å². The molecular formula is C14H16Cl2N2O2. The summed E-state index contributed by atoms with van der Waals surface area (Å²) in [6, 6.07) is 2.80. The number of hydrogen-bond acceptors (Lipinski definition) is 2. The highest BCUT2D eigenvalue weighted by Gasteiger charge is 2.36. The summed E-state index contributed by atoms with van der Waals surface area (Å²) in [7, 11) is 0. The van der Waals surface area contributed by atoms with Gasteiger partial charge in [-0.25, -0.2) is 0 Å². The Morgan fingerprint density at radius 3 is 2.50 bits per heavy atom. The summed E-state index contributed by atoms with van der Waals surface area (Å²) in [4.78, 5) is 25.7. The molecule has 6 heteroatoms. The molecule has 1 atom stereocenters. The van der Waals surface area contributed by atoms with Crippen LogP contribution in [0.5, 0.6) is 0 Å². The Morgan fingerprint density at radius 1 is 1.25 bits per heavy atom. The highest BCUT2D eigenvalue weighted by Crippen LogP contribution is 2.33. The zero-order valence-electron chi connectivity index (χ0n) is 11.5. The first-order valence-corrected chi connectivity index (χ1v) is 7.13. The number of halogens is 2. The van der Waals surface area contributed by atoms with Gasteiger partial charge in [0.05, 0.1) is 10.7 Å². The molecule has 0 radical (unpaired) electrons. The summed E-state index contributed by atoms with van der Waals surface area (Å²) in [6.45, 7) is 5.56. The molecule has 1 aromatic carbocycles. The molecule has 0 aromatic heterocycles. The third-order valence-corrected chi connectivity index (χ3v) is 4.05. The van der Waals surface area contributed by atoms with Gasteiger partial charge in [0.15, 0.2) is 0 Å². The molecule has 0 bridgehead atoms. The number of nitrogens with zero attached hydrogens (tertiary/aromatic N) is 1. The van der Waals surface area contributed by atoms with E-state index in [1.165, 1.54) is 4.90 Å². The maximum atomic E-state index is 12.5. The Kier molecular flexibility index (Phi) is 4.25. The molecule has 2 rings (SSSR count). The van der Waals surface area contributed by atoms with E-state index in [2.05, 4.69) is 5.32 Å². The molecule has 1 aromatic rings. The molecule has 1 N–H and O–H groups in total. The molecule has 0 aliphatic carbocycles. The second-order valence-corrected chi connectivity index (χ2v) is 6.08. The predicted molar refractivity (Wildman–Crippen MR) is 80.3 cm³/mol. The number of aryl methyl sites for hydroxylation is 1. The maximum Gasteiger partial charge on any atom is 0.250 e. The van der Waals surface area contributed by atoms with Crippen LogP contribution in [-0.2, 0) is 9.59 Å². The summed E-state index contributed by atoms with van der Waals surface area (Å²) in [5.41, 5.74) is 1.31. The van der Waals surface area contributed by atoms with Crippen LogP contribution in [0.2, 0.25) is 10.0 Å². The van der Waals surface area contributed by atoms with Crippen molar-refractivity contribution in [1.82, 2.24) is 5.32 Å². The average Bonchev–Trinajstić information content (AvgIpc) is 2.36. The normalized spacial score (nSPS) is 19.5. The van der Waals surface area contributed by atoms with E-state index in [4.69, 9.17) is 23.2 Å². The first kappa shape index (κ1) is 15.1. The first-order valence-electron chi connectivity index (χ1n) is 6.37. The van der Waals surface area contributed by atoms with Gasteiger partial charge < -0.3 is 5.32 Å². The number of nitrogens with one attached hydrogen (secondary N) is 1. The second-order valence-electron chi connectivity index (χ2n) is 5.27. The highest BCUT2D eigenvalue weighted by atomic mass is 35.5. The van der Waals surface area contributed by atoms with Gasteiger partial charge in [-0.05, 0) is 30.5 Å². The van der Waals surface area contributed by atoms with Crippen LogP contribution in [0, 0.1) is 12.8 Å². The lowest BCUT2D eigenvalue weighted by atomic mass is 10.00. The fourth-order valence-corrected chi connectivity index (χ4v) is 2.65. The molecular weight excluding hydrogens is 299 g/mol. The highest BCUT2D eigenvalue weighted by molar-refractivity contribution is 6.36. The number of rotatable bonds is 2. The van der Waals surface area contributed by atoms with Crippen molar-refractivity contribution in [3.05, 3.63) is 27.7 Å². The monoisotopic (exact) mass is 314 g/mol. The maximum absolute atomic E-state index is 12.5. The largest absolute Gasteiger partial charge is 0.342 e. The van der Waals surface area contributed by atoms with Crippen molar-refractivity contribution in [2.75, 3.05) is 11.4 Å². The molecule has 1 fully saturated rings. The summed E-state index contributed by atoms with van der Waals surface area (Å²) in [6.07, 6.45) is 0. The molecule has 1 heterocycles. The quantitative estimate of drug-likeness (QED) is 0.912. The third-order valence-electron chi connectivity index (χ3n) is 3.34. The number of benzene rings is 1. The molecule has 1 aliphatic heterocycles. The van der Waals surface area contributed by atoms with Gasteiger partial charge in [0.1, 0.15) is 12.6 Å². The Morgan fingerprint density at radius 2 is 1.90 bits per heavy atom. The van der Waals surface area contributed by atoms with Crippen molar-refractivity contribution in [3.63, 3.8) is 0 Å².